The van der Waals surface area contributed by atoms with Gasteiger partial charge in [0.25, 0.3) is 0 Å². The van der Waals surface area contributed by atoms with Crippen molar-refractivity contribution in [1.82, 2.24) is 10.6 Å². The lowest BCUT2D eigenvalue weighted by atomic mass is 10.1. The second kappa shape index (κ2) is 7.87. The molecule has 1 aromatic rings. The molecule has 0 aliphatic heterocycles. The monoisotopic (exact) mass is 312 g/mol. The highest BCUT2D eigenvalue weighted by atomic mass is 79.9. The summed E-state index contributed by atoms with van der Waals surface area (Å²) in [7, 11) is 1.58. The van der Waals surface area contributed by atoms with E-state index in [0.717, 1.165) is 10.0 Å². The number of carbonyl (C=O) groups excluding carboxylic acids is 2. The Kier molecular flexibility index (Phi) is 6.43. The van der Waals surface area contributed by atoms with E-state index < -0.39 is 0 Å². The molecule has 5 heteroatoms. The van der Waals surface area contributed by atoms with E-state index in [9.17, 15) is 9.59 Å². The number of carbonyl (C=O) groups is 2. The van der Waals surface area contributed by atoms with Crippen LogP contribution in [-0.2, 0) is 16.0 Å². The fourth-order valence-electron chi connectivity index (χ4n) is 1.44. The molecule has 0 bridgehead atoms. The van der Waals surface area contributed by atoms with Gasteiger partial charge in [-0.05, 0) is 24.1 Å². The fourth-order valence-corrected chi connectivity index (χ4v) is 1.70. The maximum Gasteiger partial charge on any atom is 0.221 e. The summed E-state index contributed by atoms with van der Waals surface area (Å²) in [6.07, 6.45) is 1.47. The van der Waals surface area contributed by atoms with Gasteiger partial charge in [-0.3, -0.25) is 9.59 Å². The van der Waals surface area contributed by atoms with E-state index in [1.807, 2.05) is 24.3 Å². The average molecular weight is 313 g/mol. The van der Waals surface area contributed by atoms with Crippen molar-refractivity contribution in [2.24, 2.45) is 0 Å². The summed E-state index contributed by atoms with van der Waals surface area (Å²) in [5, 5.41) is 5.23. The minimum atomic E-state index is -0.0665. The zero-order chi connectivity index (χ0) is 13.4. The molecule has 98 valence electrons. The van der Waals surface area contributed by atoms with Crippen LogP contribution in [-0.4, -0.2) is 25.4 Å². The van der Waals surface area contributed by atoms with Gasteiger partial charge in [-0.15, -0.1) is 0 Å². The van der Waals surface area contributed by atoms with Gasteiger partial charge in [0.15, 0.2) is 0 Å². The minimum Gasteiger partial charge on any atom is -0.359 e. The van der Waals surface area contributed by atoms with Crippen LogP contribution in [0, 0.1) is 0 Å². The number of nitrogens with one attached hydrogen (secondary N) is 2. The maximum atomic E-state index is 11.5. The second-order valence-electron chi connectivity index (χ2n) is 3.90. The highest BCUT2D eigenvalue weighted by Crippen LogP contribution is 2.11. The molecule has 0 saturated carbocycles. The molecule has 18 heavy (non-hydrogen) atoms. The quantitative estimate of drug-likeness (QED) is 0.839. The summed E-state index contributed by atoms with van der Waals surface area (Å²) in [6, 6.07) is 7.89. The van der Waals surface area contributed by atoms with Gasteiger partial charge >= 0.3 is 0 Å². The molecule has 2 amide bonds. The van der Waals surface area contributed by atoms with Crippen molar-refractivity contribution in [3.8, 4) is 0 Å². The minimum absolute atomic E-state index is 0.0261. The first-order valence-electron chi connectivity index (χ1n) is 5.83. The van der Waals surface area contributed by atoms with Crippen molar-refractivity contribution in [2.45, 2.75) is 19.3 Å². The van der Waals surface area contributed by atoms with Crippen molar-refractivity contribution in [3.05, 3.63) is 34.3 Å². The molecule has 0 unspecified atom stereocenters. The van der Waals surface area contributed by atoms with Gasteiger partial charge in [0.2, 0.25) is 11.8 Å². The predicted molar refractivity (Wildman–Crippen MR) is 74.2 cm³/mol. The second-order valence-corrected chi connectivity index (χ2v) is 4.82. The molecule has 1 rings (SSSR count). The zero-order valence-electron chi connectivity index (χ0n) is 10.3. The summed E-state index contributed by atoms with van der Waals surface area (Å²) < 4.78 is 1.03. The first-order chi connectivity index (χ1) is 8.61. The van der Waals surface area contributed by atoms with E-state index in [0.29, 0.717) is 25.8 Å². The smallest absolute Gasteiger partial charge is 0.221 e. The van der Waals surface area contributed by atoms with E-state index in [1.54, 1.807) is 7.05 Å². The number of aryl methyl sites for hydroxylation is 1. The number of benzene rings is 1. The van der Waals surface area contributed by atoms with E-state index >= 15 is 0 Å². The van der Waals surface area contributed by atoms with Gasteiger partial charge in [-0.25, -0.2) is 0 Å². The van der Waals surface area contributed by atoms with Crippen molar-refractivity contribution in [1.29, 1.82) is 0 Å². The van der Waals surface area contributed by atoms with Gasteiger partial charge in [0, 0.05) is 30.9 Å². The molecule has 0 fully saturated rings. The van der Waals surface area contributed by atoms with Crippen LogP contribution in [0.3, 0.4) is 0 Å². The number of halogens is 1. The Morgan fingerprint density at radius 2 is 1.78 bits per heavy atom. The summed E-state index contributed by atoms with van der Waals surface area (Å²) in [5.74, 6) is -0.0926. The summed E-state index contributed by atoms with van der Waals surface area (Å²) in [5.41, 5.74) is 1.12. The van der Waals surface area contributed by atoms with Gasteiger partial charge in [0.1, 0.15) is 0 Å². The Labute approximate surface area is 115 Å². The number of rotatable bonds is 6. The first kappa shape index (κ1) is 14.7. The first-order valence-corrected chi connectivity index (χ1v) is 6.63. The molecule has 0 heterocycles. The van der Waals surface area contributed by atoms with Crippen LogP contribution in [0.5, 0.6) is 0 Å². The molecule has 0 spiro atoms. The standard InChI is InChI=1S/C13H17BrN2O2/c1-15-12(17)8-9-16-13(18)7-4-10-2-5-11(14)6-3-10/h2-3,5-6H,4,7-9H2,1H3,(H,15,17)(H,16,18). The molecule has 0 radical (unpaired) electrons. The van der Waals surface area contributed by atoms with E-state index in [4.69, 9.17) is 0 Å². The van der Waals surface area contributed by atoms with Crippen molar-refractivity contribution in [3.63, 3.8) is 0 Å². The zero-order valence-corrected chi connectivity index (χ0v) is 11.9. The molecule has 1 aromatic carbocycles. The molecule has 4 nitrogen and oxygen atoms in total. The third kappa shape index (κ3) is 5.82. The Morgan fingerprint density at radius 3 is 2.39 bits per heavy atom. The summed E-state index contributed by atoms with van der Waals surface area (Å²) in [6.45, 7) is 0.388. The summed E-state index contributed by atoms with van der Waals surface area (Å²) in [4.78, 5) is 22.4. The molecule has 0 aliphatic rings. The van der Waals surface area contributed by atoms with Crippen LogP contribution in [0.25, 0.3) is 0 Å². The third-order valence-corrected chi connectivity index (χ3v) is 3.04. The van der Waals surface area contributed by atoms with Crippen LogP contribution in [0.15, 0.2) is 28.7 Å². The van der Waals surface area contributed by atoms with Gasteiger partial charge in [-0.1, -0.05) is 28.1 Å². The predicted octanol–water partition coefficient (Wildman–Crippen LogP) is 1.63. The van der Waals surface area contributed by atoms with E-state index in [1.165, 1.54) is 0 Å². The van der Waals surface area contributed by atoms with Crippen LogP contribution < -0.4 is 10.6 Å². The molecule has 0 aromatic heterocycles. The SMILES string of the molecule is CNC(=O)CCNC(=O)CCc1ccc(Br)cc1. The third-order valence-electron chi connectivity index (χ3n) is 2.51. The normalized spacial score (nSPS) is 9.89. The Bertz CT molecular complexity index is 404. The molecular weight excluding hydrogens is 296 g/mol. The lowest BCUT2D eigenvalue weighted by molar-refractivity contribution is -0.122. The highest BCUT2D eigenvalue weighted by molar-refractivity contribution is 9.10. The summed E-state index contributed by atoms with van der Waals surface area (Å²) >= 11 is 3.36. The van der Waals surface area contributed by atoms with E-state index in [2.05, 4.69) is 26.6 Å². The maximum absolute atomic E-state index is 11.5. The van der Waals surface area contributed by atoms with Gasteiger partial charge in [0.05, 0.1) is 0 Å². The van der Waals surface area contributed by atoms with Gasteiger partial charge < -0.3 is 10.6 Å². The van der Waals surface area contributed by atoms with Crippen molar-refractivity contribution in [2.75, 3.05) is 13.6 Å². The Hall–Kier alpha value is -1.36. The molecule has 0 saturated heterocycles. The molecule has 0 atom stereocenters. The number of amides is 2. The van der Waals surface area contributed by atoms with Crippen LogP contribution >= 0.6 is 15.9 Å². The number of hydrogen-bond acceptors (Lipinski definition) is 2. The highest BCUT2D eigenvalue weighted by Gasteiger charge is 2.03. The lowest BCUT2D eigenvalue weighted by Crippen LogP contribution is -2.29. The average Bonchev–Trinajstić information content (AvgIpc) is 2.38. The Balaban J connectivity index is 2.21. The molecule has 2 N–H and O–H groups in total. The van der Waals surface area contributed by atoms with Crippen LogP contribution in [0.2, 0.25) is 0 Å². The van der Waals surface area contributed by atoms with Crippen molar-refractivity contribution < 1.29 is 9.59 Å². The Morgan fingerprint density at radius 1 is 1.11 bits per heavy atom. The molecular formula is C13H17BrN2O2. The molecule has 0 aliphatic carbocycles. The fraction of sp³-hybridized carbons (Fsp3) is 0.385. The van der Waals surface area contributed by atoms with Crippen molar-refractivity contribution >= 4 is 27.7 Å². The van der Waals surface area contributed by atoms with Crippen LogP contribution in [0.4, 0.5) is 0 Å². The van der Waals surface area contributed by atoms with Crippen LogP contribution in [0.1, 0.15) is 18.4 Å². The number of hydrogen-bond donors (Lipinski definition) is 2. The van der Waals surface area contributed by atoms with E-state index in [-0.39, 0.29) is 11.8 Å². The van der Waals surface area contributed by atoms with Gasteiger partial charge in [-0.2, -0.15) is 0 Å². The lowest BCUT2D eigenvalue weighted by Gasteiger charge is -2.05. The topological polar surface area (TPSA) is 58.2 Å². The largest absolute Gasteiger partial charge is 0.359 e.